The van der Waals surface area contributed by atoms with Crippen LogP contribution >= 0.6 is 0 Å². The summed E-state index contributed by atoms with van der Waals surface area (Å²) < 4.78 is 18.8. The van der Waals surface area contributed by atoms with Gasteiger partial charge in [-0.15, -0.1) is 0 Å². The summed E-state index contributed by atoms with van der Waals surface area (Å²) in [6.45, 7) is 2.01. The summed E-state index contributed by atoms with van der Waals surface area (Å²) >= 11 is 0. The van der Waals surface area contributed by atoms with Gasteiger partial charge in [0.05, 0.1) is 6.20 Å². The molecule has 0 unspecified atom stereocenters. The molecule has 0 aliphatic carbocycles. The number of ether oxygens (including phenoxy) is 1. The van der Waals surface area contributed by atoms with Crippen molar-refractivity contribution in [2.75, 3.05) is 0 Å². The maximum absolute atomic E-state index is 13.1. The molecule has 0 amide bonds. The van der Waals surface area contributed by atoms with Gasteiger partial charge in [-0.1, -0.05) is 18.2 Å². The predicted molar refractivity (Wildman–Crippen MR) is 76.4 cm³/mol. The van der Waals surface area contributed by atoms with Crippen molar-refractivity contribution in [1.29, 1.82) is 0 Å². The zero-order chi connectivity index (χ0) is 15.2. The van der Waals surface area contributed by atoms with Gasteiger partial charge in [-0.25, -0.2) is 9.18 Å². The molecule has 0 aliphatic heterocycles. The van der Waals surface area contributed by atoms with E-state index in [-0.39, 0.29) is 6.61 Å². The fraction of sp³-hybridized carbons (Fsp3) is 0.125. The van der Waals surface area contributed by atoms with E-state index in [0.717, 1.165) is 17.8 Å². The number of hydrogen-bond donors (Lipinski definition) is 1. The van der Waals surface area contributed by atoms with Crippen LogP contribution in [-0.2, 0) is 11.4 Å². The van der Waals surface area contributed by atoms with Crippen molar-refractivity contribution in [3.63, 3.8) is 0 Å². The third-order valence-corrected chi connectivity index (χ3v) is 2.79. The van der Waals surface area contributed by atoms with Crippen LogP contribution in [0.1, 0.15) is 16.7 Å². The Morgan fingerprint density at radius 1 is 1.43 bits per heavy atom. The second kappa shape index (κ2) is 6.65. The molecule has 0 aliphatic rings. The largest absolute Gasteiger partial charge is 0.488 e. The van der Waals surface area contributed by atoms with Gasteiger partial charge in [0.25, 0.3) is 0 Å². The highest BCUT2D eigenvalue weighted by atomic mass is 19.1. The van der Waals surface area contributed by atoms with Crippen LogP contribution in [0, 0.1) is 12.7 Å². The summed E-state index contributed by atoms with van der Waals surface area (Å²) in [6.07, 6.45) is 5.16. The lowest BCUT2D eigenvalue weighted by Gasteiger charge is -2.12. The van der Waals surface area contributed by atoms with Crippen LogP contribution in [0.2, 0.25) is 0 Å². The number of para-hydroxylation sites is 1. The second-order valence-electron chi connectivity index (χ2n) is 4.46. The van der Waals surface area contributed by atoms with E-state index in [1.54, 1.807) is 6.07 Å². The molecule has 2 aromatic rings. The van der Waals surface area contributed by atoms with Gasteiger partial charge in [0.15, 0.2) is 0 Å². The number of carboxylic acid groups (broad SMARTS) is 1. The molecule has 0 fully saturated rings. The molecule has 0 saturated heterocycles. The topological polar surface area (TPSA) is 59.4 Å². The number of aromatic nitrogens is 1. The van der Waals surface area contributed by atoms with E-state index in [2.05, 4.69) is 4.98 Å². The van der Waals surface area contributed by atoms with Gasteiger partial charge in [-0.2, -0.15) is 0 Å². The van der Waals surface area contributed by atoms with Crippen LogP contribution < -0.4 is 4.74 Å². The van der Waals surface area contributed by atoms with Crippen LogP contribution in [0.4, 0.5) is 4.39 Å². The van der Waals surface area contributed by atoms with E-state index in [0.29, 0.717) is 16.9 Å². The number of hydrogen-bond acceptors (Lipinski definition) is 3. The zero-order valence-electron chi connectivity index (χ0n) is 11.4. The molecule has 1 aromatic carbocycles. The number of aliphatic carboxylic acids is 1. The highest BCUT2D eigenvalue weighted by Crippen LogP contribution is 2.25. The Balaban J connectivity index is 2.20. The summed E-state index contributed by atoms with van der Waals surface area (Å²) in [7, 11) is 0. The molecular formula is C16H14FNO3. The number of aryl methyl sites for hydroxylation is 1. The van der Waals surface area contributed by atoms with Crippen LogP contribution in [0.5, 0.6) is 5.75 Å². The minimum absolute atomic E-state index is 0.156. The van der Waals surface area contributed by atoms with Gasteiger partial charge in [-0.05, 0) is 24.6 Å². The molecular weight excluding hydrogens is 273 g/mol. The number of rotatable bonds is 5. The first kappa shape index (κ1) is 14.7. The van der Waals surface area contributed by atoms with Gasteiger partial charge in [0, 0.05) is 23.4 Å². The third-order valence-electron chi connectivity index (χ3n) is 2.79. The van der Waals surface area contributed by atoms with Gasteiger partial charge < -0.3 is 9.84 Å². The van der Waals surface area contributed by atoms with Gasteiger partial charge >= 0.3 is 5.97 Å². The lowest BCUT2D eigenvalue weighted by Crippen LogP contribution is -2.00. The van der Waals surface area contributed by atoms with Crippen molar-refractivity contribution in [3.05, 3.63) is 65.2 Å². The molecule has 1 heterocycles. The summed E-state index contributed by atoms with van der Waals surface area (Å²) in [5.41, 5.74) is 2.13. The Morgan fingerprint density at radius 3 is 2.95 bits per heavy atom. The Kier molecular flexibility index (Phi) is 4.66. The van der Waals surface area contributed by atoms with Gasteiger partial charge in [0.1, 0.15) is 18.2 Å². The normalized spacial score (nSPS) is 10.8. The van der Waals surface area contributed by atoms with E-state index >= 15 is 0 Å². The fourth-order valence-electron chi connectivity index (χ4n) is 1.85. The summed E-state index contributed by atoms with van der Waals surface area (Å²) in [6, 6.07) is 6.77. The number of nitrogens with zero attached hydrogens (tertiary/aromatic N) is 1. The van der Waals surface area contributed by atoms with E-state index in [1.165, 1.54) is 18.3 Å². The molecule has 1 N–H and O–H groups in total. The Morgan fingerprint density at radius 2 is 2.24 bits per heavy atom. The van der Waals surface area contributed by atoms with Gasteiger partial charge in [0.2, 0.25) is 0 Å². The van der Waals surface area contributed by atoms with Crippen molar-refractivity contribution >= 4 is 12.0 Å². The smallest absolute Gasteiger partial charge is 0.328 e. The number of benzene rings is 1. The summed E-state index contributed by atoms with van der Waals surface area (Å²) in [4.78, 5) is 14.4. The van der Waals surface area contributed by atoms with E-state index in [9.17, 15) is 9.18 Å². The van der Waals surface area contributed by atoms with Crippen molar-refractivity contribution < 1.29 is 19.0 Å². The molecule has 4 nitrogen and oxygen atoms in total. The van der Waals surface area contributed by atoms with Crippen LogP contribution in [0.25, 0.3) is 6.08 Å². The van der Waals surface area contributed by atoms with Gasteiger partial charge in [-0.3, -0.25) is 4.98 Å². The molecule has 0 spiro atoms. The molecule has 108 valence electrons. The maximum Gasteiger partial charge on any atom is 0.328 e. The minimum atomic E-state index is -1.03. The molecule has 5 heteroatoms. The lowest BCUT2D eigenvalue weighted by molar-refractivity contribution is -0.131. The Hall–Kier alpha value is -2.69. The summed E-state index contributed by atoms with van der Waals surface area (Å²) in [5.74, 6) is -0.886. The highest BCUT2D eigenvalue weighted by molar-refractivity contribution is 5.86. The molecule has 0 atom stereocenters. The number of pyridine rings is 1. The molecule has 0 radical (unpaired) electrons. The van der Waals surface area contributed by atoms with Crippen molar-refractivity contribution in [1.82, 2.24) is 4.98 Å². The number of halogens is 1. The number of carbonyl (C=O) groups is 1. The second-order valence-corrected chi connectivity index (χ2v) is 4.46. The first-order valence-corrected chi connectivity index (χ1v) is 6.29. The highest BCUT2D eigenvalue weighted by Gasteiger charge is 2.06. The molecule has 1 aromatic heterocycles. The third kappa shape index (κ3) is 4.14. The van der Waals surface area contributed by atoms with Crippen LogP contribution in [-0.4, -0.2) is 16.1 Å². The first-order valence-electron chi connectivity index (χ1n) is 6.29. The molecule has 2 rings (SSSR count). The standard InChI is InChI=1S/C16H14FNO3/c1-11-3-2-4-13(5-6-15(19)20)16(11)21-10-12-7-14(17)9-18-8-12/h2-9H,10H2,1H3,(H,19,20)/b6-5+. The first-order chi connectivity index (χ1) is 10.1. The van der Waals surface area contributed by atoms with E-state index < -0.39 is 11.8 Å². The van der Waals surface area contributed by atoms with E-state index in [4.69, 9.17) is 9.84 Å². The van der Waals surface area contributed by atoms with E-state index in [1.807, 2.05) is 19.1 Å². The fourth-order valence-corrected chi connectivity index (χ4v) is 1.85. The summed E-state index contributed by atoms with van der Waals surface area (Å²) in [5, 5.41) is 8.70. The predicted octanol–water partition coefficient (Wildman–Crippen LogP) is 3.21. The van der Waals surface area contributed by atoms with Crippen molar-refractivity contribution in [2.24, 2.45) is 0 Å². The molecule has 21 heavy (non-hydrogen) atoms. The maximum atomic E-state index is 13.1. The average molecular weight is 287 g/mol. The quantitative estimate of drug-likeness (QED) is 0.858. The minimum Gasteiger partial charge on any atom is -0.488 e. The van der Waals surface area contributed by atoms with Crippen LogP contribution in [0.15, 0.2) is 42.7 Å². The lowest BCUT2D eigenvalue weighted by atomic mass is 10.1. The monoisotopic (exact) mass is 287 g/mol. The Labute approximate surface area is 121 Å². The number of carboxylic acids is 1. The SMILES string of the molecule is Cc1cccc(/C=C/C(=O)O)c1OCc1cncc(F)c1. The zero-order valence-corrected chi connectivity index (χ0v) is 11.4. The van der Waals surface area contributed by atoms with Crippen molar-refractivity contribution in [2.45, 2.75) is 13.5 Å². The van der Waals surface area contributed by atoms with Crippen LogP contribution in [0.3, 0.4) is 0 Å². The Bertz CT molecular complexity index is 683. The average Bonchev–Trinajstić information content (AvgIpc) is 2.44. The van der Waals surface area contributed by atoms with Crippen molar-refractivity contribution in [3.8, 4) is 5.75 Å². The molecule has 0 saturated carbocycles. The molecule has 0 bridgehead atoms.